The highest BCUT2D eigenvalue weighted by atomic mass is 35.5. The van der Waals surface area contributed by atoms with Gasteiger partial charge >= 0.3 is 0 Å². The third-order valence-electron chi connectivity index (χ3n) is 2.76. The Bertz CT molecular complexity index is 506. The standard InChI is InChI=1S/C14H19ClN2O2S/c1-8(2)14(9(3)18)17-13(19)7-20-12-6-10(15)4-5-11(12)16/h4-6,8,14H,7,16H2,1-3H3,(H,17,19). The summed E-state index contributed by atoms with van der Waals surface area (Å²) in [5.74, 6) is 0.0303. The van der Waals surface area contributed by atoms with Crippen LogP contribution in [0, 0.1) is 5.92 Å². The first kappa shape index (κ1) is 16.9. The monoisotopic (exact) mass is 314 g/mol. The van der Waals surface area contributed by atoms with Gasteiger partial charge < -0.3 is 11.1 Å². The fourth-order valence-electron chi connectivity index (χ4n) is 1.73. The highest BCUT2D eigenvalue weighted by molar-refractivity contribution is 8.00. The molecule has 0 aliphatic carbocycles. The number of halogens is 1. The second-order valence-corrected chi connectivity index (χ2v) is 6.32. The molecule has 0 saturated heterocycles. The molecule has 0 saturated carbocycles. The Morgan fingerprint density at radius 1 is 1.40 bits per heavy atom. The van der Waals surface area contributed by atoms with Gasteiger partial charge in [0.15, 0.2) is 5.78 Å². The molecule has 0 radical (unpaired) electrons. The van der Waals surface area contributed by atoms with Gasteiger partial charge in [0.25, 0.3) is 0 Å². The van der Waals surface area contributed by atoms with Gasteiger partial charge in [0.2, 0.25) is 5.91 Å². The summed E-state index contributed by atoms with van der Waals surface area (Å²) >= 11 is 7.19. The number of nitrogens with two attached hydrogens (primary N) is 1. The van der Waals surface area contributed by atoms with Crippen molar-refractivity contribution in [1.29, 1.82) is 0 Å². The maximum Gasteiger partial charge on any atom is 0.230 e. The summed E-state index contributed by atoms with van der Waals surface area (Å²) in [7, 11) is 0. The molecule has 0 aromatic heterocycles. The van der Waals surface area contributed by atoms with E-state index >= 15 is 0 Å². The summed E-state index contributed by atoms with van der Waals surface area (Å²) in [4.78, 5) is 24.1. The number of nitrogens with one attached hydrogen (secondary N) is 1. The molecule has 0 fully saturated rings. The van der Waals surface area contributed by atoms with Crippen molar-refractivity contribution in [2.45, 2.75) is 31.7 Å². The van der Waals surface area contributed by atoms with Crippen molar-refractivity contribution in [2.24, 2.45) is 5.92 Å². The van der Waals surface area contributed by atoms with Crippen LogP contribution in [0.15, 0.2) is 23.1 Å². The topological polar surface area (TPSA) is 72.2 Å². The first-order valence-electron chi connectivity index (χ1n) is 6.29. The number of hydrogen-bond donors (Lipinski definition) is 2. The summed E-state index contributed by atoms with van der Waals surface area (Å²) in [5.41, 5.74) is 6.39. The van der Waals surface area contributed by atoms with Crippen molar-refractivity contribution in [1.82, 2.24) is 5.32 Å². The van der Waals surface area contributed by atoms with Crippen molar-refractivity contribution in [2.75, 3.05) is 11.5 Å². The Balaban J connectivity index is 2.59. The van der Waals surface area contributed by atoms with Crippen LogP contribution in [0.1, 0.15) is 20.8 Å². The molecule has 6 heteroatoms. The smallest absolute Gasteiger partial charge is 0.230 e. The molecule has 4 nitrogen and oxygen atoms in total. The number of nitrogen functional groups attached to an aromatic ring is 1. The number of amides is 1. The van der Waals surface area contributed by atoms with Gasteiger partial charge in [0, 0.05) is 15.6 Å². The van der Waals surface area contributed by atoms with Gasteiger partial charge in [-0.1, -0.05) is 25.4 Å². The second kappa shape index (κ2) is 7.55. The van der Waals surface area contributed by atoms with Crippen LogP contribution in [0.25, 0.3) is 0 Å². The zero-order chi connectivity index (χ0) is 15.3. The third kappa shape index (κ3) is 5.06. The molecule has 1 aromatic rings. The number of carbonyl (C=O) groups is 2. The van der Waals surface area contributed by atoms with Gasteiger partial charge in [-0.2, -0.15) is 0 Å². The molecule has 1 amide bonds. The number of Topliss-reactive ketones (excluding diaryl/α,β-unsaturated/α-hetero) is 1. The highest BCUT2D eigenvalue weighted by Crippen LogP contribution is 2.27. The van der Waals surface area contributed by atoms with Gasteiger partial charge in [-0.15, -0.1) is 11.8 Å². The molecule has 20 heavy (non-hydrogen) atoms. The molecule has 1 atom stereocenters. The van der Waals surface area contributed by atoms with Crippen LogP contribution in [0.3, 0.4) is 0 Å². The summed E-state index contributed by atoms with van der Waals surface area (Å²) in [6, 6.07) is 4.68. The van der Waals surface area contributed by atoms with E-state index in [9.17, 15) is 9.59 Å². The van der Waals surface area contributed by atoms with Gasteiger partial charge in [-0.25, -0.2) is 0 Å². The van der Waals surface area contributed by atoms with E-state index in [0.717, 1.165) is 4.90 Å². The zero-order valence-corrected chi connectivity index (χ0v) is 13.3. The lowest BCUT2D eigenvalue weighted by molar-refractivity contribution is -0.126. The van der Waals surface area contributed by atoms with Crippen LogP contribution in [0.5, 0.6) is 0 Å². The van der Waals surface area contributed by atoms with Gasteiger partial charge in [0.05, 0.1) is 11.8 Å². The fraction of sp³-hybridized carbons (Fsp3) is 0.429. The van der Waals surface area contributed by atoms with Crippen molar-refractivity contribution in [3.63, 3.8) is 0 Å². The normalized spacial score (nSPS) is 12.2. The van der Waals surface area contributed by atoms with Crippen LogP contribution >= 0.6 is 23.4 Å². The predicted octanol–water partition coefficient (Wildman–Crippen LogP) is 2.74. The first-order valence-corrected chi connectivity index (χ1v) is 7.65. The molecule has 0 aliphatic heterocycles. The van der Waals surface area contributed by atoms with Crippen molar-refractivity contribution in [3.05, 3.63) is 23.2 Å². The number of rotatable bonds is 6. The maximum atomic E-state index is 11.9. The summed E-state index contributed by atoms with van der Waals surface area (Å²) in [5, 5.41) is 3.31. The molecule has 0 heterocycles. The zero-order valence-electron chi connectivity index (χ0n) is 11.8. The number of thioether (sulfide) groups is 1. The molecule has 1 unspecified atom stereocenters. The summed E-state index contributed by atoms with van der Waals surface area (Å²) in [6.07, 6.45) is 0. The van der Waals surface area contributed by atoms with E-state index in [1.54, 1.807) is 18.2 Å². The van der Waals surface area contributed by atoms with Crippen LogP contribution in [-0.2, 0) is 9.59 Å². The minimum absolute atomic E-state index is 0.0411. The quantitative estimate of drug-likeness (QED) is 0.625. The Labute approximate surface area is 128 Å². The molecule has 0 spiro atoms. The van der Waals surface area contributed by atoms with Crippen LogP contribution < -0.4 is 11.1 Å². The number of benzene rings is 1. The fourth-order valence-corrected chi connectivity index (χ4v) is 2.78. The van der Waals surface area contributed by atoms with Crippen LogP contribution in [0.4, 0.5) is 5.69 Å². The van der Waals surface area contributed by atoms with E-state index in [0.29, 0.717) is 10.7 Å². The van der Waals surface area contributed by atoms with Crippen molar-refractivity contribution in [3.8, 4) is 0 Å². The van der Waals surface area contributed by atoms with E-state index in [4.69, 9.17) is 17.3 Å². The summed E-state index contributed by atoms with van der Waals surface area (Å²) in [6.45, 7) is 5.27. The van der Waals surface area contributed by atoms with Crippen molar-refractivity contribution < 1.29 is 9.59 Å². The average molecular weight is 315 g/mol. The Morgan fingerprint density at radius 2 is 2.05 bits per heavy atom. The molecular weight excluding hydrogens is 296 g/mol. The minimum atomic E-state index is -0.445. The second-order valence-electron chi connectivity index (χ2n) is 4.87. The van der Waals surface area contributed by atoms with Crippen LogP contribution in [0.2, 0.25) is 5.02 Å². The minimum Gasteiger partial charge on any atom is -0.398 e. The molecule has 110 valence electrons. The van der Waals surface area contributed by atoms with Gasteiger partial charge in [-0.05, 0) is 31.0 Å². The van der Waals surface area contributed by atoms with Gasteiger partial charge in [-0.3, -0.25) is 9.59 Å². The number of carbonyl (C=O) groups excluding carboxylic acids is 2. The molecule has 1 aromatic carbocycles. The first-order chi connectivity index (χ1) is 9.31. The predicted molar refractivity (Wildman–Crippen MR) is 84.0 cm³/mol. The third-order valence-corrected chi connectivity index (χ3v) is 4.06. The lowest BCUT2D eigenvalue weighted by atomic mass is 10.0. The maximum absolute atomic E-state index is 11.9. The molecular formula is C14H19ClN2O2S. The average Bonchev–Trinajstić information content (AvgIpc) is 2.36. The number of anilines is 1. The van der Waals surface area contributed by atoms with Crippen LogP contribution in [-0.4, -0.2) is 23.5 Å². The Kier molecular flexibility index (Phi) is 6.36. The Morgan fingerprint density at radius 3 is 2.60 bits per heavy atom. The SMILES string of the molecule is CC(=O)C(NC(=O)CSc1cc(Cl)ccc1N)C(C)C. The van der Waals surface area contributed by atoms with E-state index in [1.165, 1.54) is 18.7 Å². The molecule has 0 bridgehead atoms. The molecule has 3 N–H and O–H groups in total. The van der Waals surface area contributed by atoms with Gasteiger partial charge in [0.1, 0.15) is 0 Å². The number of ketones is 1. The van der Waals surface area contributed by atoms with E-state index in [2.05, 4.69) is 5.32 Å². The Hall–Kier alpha value is -1.20. The lowest BCUT2D eigenvalue weighted by Crippen LogP contribution is -2.44. The van der Waals surface area contributed by atoms with E-state index in [1.807, 2.05) is 13.8 Å². The largest absolute Gasteiger partial charge is 0.398 e. The van der Waals surface area contributed by atoms with E-state index < -0.39 is 6.04 Å². The molecule has 0 aliphatic rings. The molecule has 1 rings (SSSR count). The summed E-state index contributed by atoms with van der Waals surface area (Å²) < 4.78 is 0. The van der Waals surface area contributed by atoms with Crippen molar-refractivity contribution >= 4 is 40.7 Å². The lowest BCUT2D eigenvalue weighted by Gasteiger charge is -2.19. The van der Waals surface area contributed by atoms with E-state index in [-0.39, 0.29) is 23.4 Å². The highest BCUT2D eigenvalue weighted by Gasteiger charge is 2.20. The number of hydrogen-bond acceptors (Lipinski definition) is 4.